The van der Waals surface area contributed by atoms with Crippen molar-refractivity contribution in [2.24, 2.45) is 5.92 Å². The summed E-state index contributed by atoms with van der Waals surface area (Å²) in [6.07, 6.45) is 0.952. The van der Waals surface area contributed by atoms with Crippen LogP contribution in [0.3, 0.4) is 0 Å². The summed E-state index contributed by atoms with van der Waals surface area (Å²) in [6, 6.07) is 0.192. The van der Waals surface area contributed by atoms with Crippen LogP contribution in [0.4, 0.5) is 0 Å². The normalized spacial score (nSPS) is 33.8. The summed E-state index contributed by atoms with van der Waals surface area (Å²) in [5, 5.41) is 9.27. The number of carboxylic acids is 1. The van der Waals surface area contributed by atoms with Crippen molar-refractivity contribution in [3.8, 4) is 0 Å². The van der Waals surface area contributed by atoms with Crippen LogP contribution in [0.25, 0.3) is 0 Å². The first kappa shape index (κ1) is 11.8. The number of likely N-dealkylation sites (tertiary alicyclic amines) is 1. The van der Waals surface area contributed by atoms with Gasteiger partial charge in [-0.2, -0.15) is 0 Å². The number of hydrogen-bond donors (Lipinski definition) is 1. The second-order valence-corrected chi connectivity index (χ2v) is 4.71. The van der Waals surface area contributed by atoms with Crippen molar-refractivity contribution in [1.29, 1.82) is 0 Å². The lowest BCUT2D eigenvalue weighted by Gasteiger charge is -2.42. The third-order valence-corrected chi connectivity index (χ3v) is 3.61. The van der Waals surface area contributed by atoms with Gasteiger partial charge in [0.15, 0.2) is 0 Å². The van der Waals surface area contributed by atoms with Gasteiger partial charge in [-0.25, -0.2) is 0 Å². The van der Waals surface area contributed by atoms with Crippen molar-refractivity contribution in [1.82, 2.24) is 9.80 Å². The lowest BCUT2D eigenvalue weighted by molar-refractivity contribution is -0.147. The van der Waals surface area contributed by atoms with Gasteiger partial charge in [-0.15, -0.1) is 0 Å². The molecule has 0 aromatic rings. The Labute approximate surface area is 96.0 Å². The van der Waals surface area contributed by atoms with Gasteiger partial charge < -0.3 is 14.7 Å². The number of rotatable bonds is 2. The first-order valence-electron chi connectivity index (χ1n) is 5.91. The minimum Gasteiger partial charge on any atom is -0.481 e. The minimum atomic E-state index is -0.664. The van der Waals surface area contributed by atoms with E-state index >= 15 is 0 Å². The zero-order chi connectivity index (χ0) is 11.5. The fraction of sp³-hybridized carbons (Fsp3) is 0.909. The molecule has 5 heteroatoms. The molecule has 0 radical (unpaired) electrons. The molecule has 16 heavy (non-hydrogen) atoms. The van der Waals surface area contributed by atoms with E-state index in [1.807, 2.05) is 7.05 Å². The summed E-state index contributed by atoms with van der Waals surface area (Å²) in [5.74, 6) is -0.917. The van der Waals surface area contributed by atoms with Crippen LogP contribution in [-0.2, 0) is 9.53 Å². The molecule has 0 aromatic heterocycles. The Kier molecular flexibility index (Phi) is 3.78. The number of hydrogen-bond acceptors (Lipinski definition) is 4. The third-order valence-electron chi connectivity index (χ3n) is 3.61. The van der Waals surface area contributed by atoms with Crippen molar-refractivity contribution < 1.29 is 14.6 Å². The molecule has 0 saturated carbocycles. The van der Waals surface area contributed by atoms with Crippen molar-refractivity contribution in [3.05, 3.63) is 0 Å². The average molecular weight is 228 g/mol. The van der Waals surface area contributed by atoms with E-state index in [0.29, 0.717) is 6.54 Å². The van der Waals surface area contributed by atoms with Gasteiger partial charge in [0.2, 0.25) is 0 Å². The molecule has 5 nitrogen and oxygen atoms in total. The smallest absolute Gasteiger partial charge is 0.309 e. The fourth-order valence-corrected chi connectivity index (χ4v) is 2.69. The van der Waals surface area contributed by atoms with E-state index in [1.54, 1.807) is 0 Å². The lowest BCUT2D eigenvalue weighted by Crippen LogP contribution is -2.55. The molecule has 2 rings (SSSR count). The highest BCUT2D eigenvalue weighted by atomic mass is 16.5. The van der Waals surface area contributed by atoms with Crippen LogP contribution >= 0.6 is 0 Å². The van der Waals surface area contributed by atoms with Gasteiger partial charge in [-0.05, 0) is 20.0 Å². The van der Waals surface area contributed by atoms with Crippen LogP contribution < -0.4 is 0 Å². The fourth-order valence-electron chi connectivity index (χ4n) is 2.69. The maximum absolute atomic E-state index is 11.3. The first-order valence-corrected chi connectivity index (χ1v) is 5.91. The molecule has 2 atom stereocenters. The Hall–Kier alpha value is -0.650. The monoisotopic (exact) mass is 228 g/mol. The Morgan fingerprint density at radius 1 is 1.31 bits per heavy atom. The number of carbonyl (C=O) groups is 1. The quantitative estimate of drug-likeness (QED) is 0.704. The van der Waals surface area contributed by atoms with Crippen LogP contribution in [0.15, 0.2) is 0 Å². The number of aliphatic carboxylic acids is 1. The maximum atomic E-state index is 11.3. The van der Waals surface area contributed by atoms with Gasteiger partial charge in [-0.1, -0.05) is 0 Å². The molecule has 0 aromatic carbocycles. The SMILES string of the molecule is CN1CCC(N2CCOCC2)C(C(=O)O)C1. The van der Waals surface area contributed by atoms with Crippen molar-refractivity contribution >= 4 is 5.97 Å². The number of nitrogens with zero attached hydrogens (tertiary/aromatic N) is 2. The Morgan fingerprint density at radius 3 is 2.62 bits per heavy atom. The van der Waals surface area contributed by atoms with E-state index in [-0.39, 0.29) is 12.0 Å². The molecule has 2 fully saturated rings. The summed E-state index contributed by atoms with van der Waals surface area (Å²) in [4.78, 5) is 15.7. The summed E-state index contributed by atoms with van der Waals surface area (Å²) in [7, 11) is 1.99. The zero-order valence-corrected chi connectivity index (χ0v) is 9.76. The highest BCUT2D eigenvalue weighted by Crippen LogP contribution is 2.22. The van der Waals surface area contributed by atoms with Gasteiger partial charge in [-0.3, -0.25) is 9.69 Å². The first-order chi connectivity index (χ1) is 7.68. The predicted molar refractivity (Wildman–Crippen MR) is 59.4 cm³/mol. The van der Waals surface area contributed by atoms with E-state index in [2.05, 4.69) is 9.80 Å². The Bertz CT molecular complexity index is 254. The zero-order valence-electron chi connectivity index (χ0n) is 9.76. The predicted octanol–water partition coefficient (Wildman–Crippen LogP) is -0.276. The van der Waals surface area contributed by atoms with Crippen LogP contribution in [-0.4, -0.2) is 73.4 Å². The number of morpholine rings is 1. The number of piperidine rings is 1. The average Bonchev–Trinajstić information content (AvgIpc) is 2.30. The van der Waals surface area contributed by atoms with Gasteiger partial charge in [0.05, 0.1) is 19.1 Å². The van der Waals surface area contributed by atoms with Crippen LogP contribution in [0.2, 0.25) is 0 Å². The molecule has 0 amide bonds. The number of ether oxygens (including phenoxy) is 1. The van der Waals surface area contributed by atoms with Gasteiger partial charge in [0.1, 0.15) is 0 Å². The van der Waals surface area contributed by atoms with Gasteiger partial charge >= 0.3 is 5.97 Å². The molecular formula is C11H20N2O3. The van der Waals surface area contributed by atoms with Gasteiger partial charge in [0, 0.05) is 25.7 Å². The van der Waals surface area contributed by atoms with E-state index in [9.17, 15) is 9.90 Å². The highest BCUT2D eigenvalue weighted by Gasteiger charge is 2.37. The molecule has 1 N–H and O–H groups in total. The molecule has 2 aliphatic heterocycles. The molecule has 2 saturated heterocycles. The molecule has 2 heterocycles. The highest BCUT2D eigenvalue weighted by molar-refractivity contribution is 5.71. The number of carboxylic acid groups (broad SMARTS) is 1. The molecule has 2 aliphatic rings. The summed E-state index contributed by atoms with van der Waals surface area (Å²) in [5.41, 5.74) is 0. The molecule has 92 valence electrons. The molecule has 0 bridgehead atoms. The summed E-state index contributed by atoms with van der Waals surface area (Å²) < 4.78 is 5.31. The Balaban J connectivity index is 2.02. The topological polar surface area (TPSA) is 53.0 Å². The van der Waals surface area contributed by atoms with Gasteiger partial charge in [0.25, 0.3) is 0 Å². The Morgan fingerprint density at radius 2 is 2.00 bits per heavy atom. The van der Waals surface area contributed by atoms with E-state index in [1.165, 1.54) is 0 Å². The van der Waals surface area contributed by atoms with Crippen LogP contribution in [0, 0.1) is 5.92 Å². The second-order valence-electron chi connectivity index (χ2n) is 4.71. The largest absolute Gasteiger partial charge is 0.481 e. The van der Waals surface area contributed by atoms with Crippen molar-refractivity contribution in [3.63, 3.8) is 0 Å². The van der Waals surface area contributed by atoms with E-state index < -0.39 is 5.97 Å². The summed E-state index contributed by atoms with van der Waals surface area (Å²) in [6.45, 7) is 4.87. The molecule has 2 unspecified atom stereocenters. The molecule has 0 aliphatic carbocycles. The maximum Gasteiger partial charge on any atom is 0.309 e. The molecular weight excluding hydrogens is 208 g/mol. The van der Waals surface area contributed by atoms with E-state index in [0.717, 1.165) is 39.3 Å². The minimum absolute atomic E-state index is 0.192. The van der Waals surface area contributed by atoms with E-state index in [4.69, 9.17) is 4.74 Å². The lowest BCUT2D eigenvalue weighted by atomic mass is 9.91. The van der Waals surface area contributed by atoms with Crippen molar-refractivity contribution in [2.45, 2.75) is 12.5 Å². The van der Waals surface area contributed by atoms with Crippen LogP contribution in [0.1, 0.15) is 6.42 Å². The second kappa shape index (κ2) is 5.12. The molecule has 0 spiro atoms. The standard InChI is InChI=1S/C11H20N2O3/c1-12-3-2-10(9(8-12)11(14)15)13-4-6-16-7-5-13/h9-10H,2-8H2,1H3,(H,14,15). The van der Waals surface area contributed by atoms with Crippen LogP contribution in [0.5, 0.6) is 0 Å². The third kappa shape index (κ3) is 2.53. The van der Waals surface area contributed by atoms with Crippen molar-refractivity contribution in [2.75, 3.05) is 46.4 Å². The summed E-state index contributed by atoms with van der Waals surface area (Å²) >= 11 is 0.